The molecule has 3 N–H and O–H groups in total. The quantitative estimate of drug-likeness (QED) is 0.807. The van der Waals surface area contributed by atoms with E-state index in [0.717, 1.165) is 31.5 Å². The molecule has 1 heterocycles. The third-order valence-electron chi connectivity index (χ3n) is 3.54. The molecule has 0 saturated carbocycles. The summed E-state index contributed by atoms with van der Waals surface area (Å²) >= 11 is 4.93. The van der Waals surface area contributed by atoms with Gasteiger partial charge >= 0.3 is 0 Å². The molecule has 1 amide bonds. The Balaban J connectivity index is 2.04. The van der Waals surface area contributed by atoms with Crippen LogP contribution in [0, 0.1) is 0 Å². The van der Waals surface area contributed by atoms with E-state index in [0.29, 0.717) is 4.99 Å². The molecule has 0 aliphatic carbocycles. The molecule has 0 bridgehead atoms. The predicted molar refractivity (Wildman–Crippen MR) is 79.8 cm³/mol. The summed E-state index contributed by atoms with van der Waals surface area (Å²) < 4.78 is 0. The molecule has 1 aliphatic rings. The Morgan fingerprint density at radius 1 is 1.47 bits per heavy atom. The smallest absolute Gasteiger partial charge is 0.237 e. The van der Waals surface area contributed by atoms with Crippen LogP contribution in [-0.4, -0.2) is 35.4 Å². The summed E-state index contributed by atoms with van der Waals surface area (Å²) in [6, 6.07) is 7.91. The number of likely N-dealkylation sites (N-methyl/N-ethyl adjacent to an activating group) is 1. The van der Waals surface area contributed by atoms with Crippen LogP contribution in [0.1, 0.15) is 24.0 Å². The maximum atomic E-state index is 11.8. The van der Waals surface area contributed by atoms with Crippen molar-refractivity contribution in [3.05, 3.63) is 35.4 Å². The Hall–Kier alpha value is -1.46. The molecule has 2 rings (SSSR count). The van der Waals surface area contributed by atoms with E-state index < -0.39 is 0 Å². The van der Waals surface area contributed by atoms with E-state index in [4.69, 9.17) is 18.0 Å². The SMILES string of the molecule is CNC(=O)C1CCCN1Cc1ccc(C(N)=S)cc1. The van der Waals surface area contributed by atoms with Crippen LogP contribution in [0.25, 0.3) is 0 Å². The van der Waals surface area contributed by atoms with E-state index in [1.54, 1.807) is 7.05 Å². The molecule has 0 aromatic heterocycles. The van der Waals surface area contributed by atoms with Crippen molar-refractivity contribution in [1.29, 1.82) is 0 Å². The van der Waals surface area contributed by atoms with E-state index in [2.05, 4.69) is 10.2 Å². The summed E-state index contributed by atoms with van der Waals surface area (Å²) in [7, 11) is 1.69. The zero-order chi connectivity index (χ0) is 13.8. The molecular weight excluding hydrogens is 258 g/mol. The highest BCUT2D eigenvalue weighted by Crippen LogP contribution is 2.20. The third kappa shape index (κ3) is 3.30. The van der Waals surface area contributed by atoms with Crippen LogP contribution in [0.3, 0.4) is 0 Å². The molecule has 0 spiro atoms. The first-order chi connectivity index (χ1) is 9.11. The number of rotatable bonds is 4. The van der Waals surface area contributed by atoms with Crippen molar-refractivity contribution in [2.45, 2.75) is 25.4 Å². The van der Waals surface area contributed by atoms with Gasteiger partial charge in [-0.25, -0.2) is 0 Å². The number of nitrogens with two attached hydrogens (primary N) is 1. The predicted octanol–water partition coefficient (Wildman–Crippen LogP) is 1.03. The average molecular weight is 277 g/mol. The van der Waals surface area contributed by atoms with Gasteiger partial charge in [0, 0.05) is 19.2 Å². The van der Waals surface area contributed by atoms with E-state index in [1.165, 1.54) is 5.56 Å². The van der Waals surface area contributed by atoms with Crippen LogP contribution < -0.4 is 11.1 Å². The Morgan fingerprint density at radius 3 is 2.74 bits per heavy atom. The minimum Gasteiger partial charge on any atom is -0.389 e. The van der Waals surface area contributed by atoms with Gasteiger partial charge in [-0.15, -0.1) is 0 Å². The largest absolute Gasteiger partial charge is 0.389 e. The Kier molecular flexibility index (Phi) is 4.50. The van der Waals surface area contributed by atoms with Crippen LogP contribution >= 0.6 is 12.2 Å². The van der Waals surface area contributed by atoms with Gasteiger partial charge in [-0.05, 0) is 24.9 Å². The standard InChI is InChI=1S/C14H19N3OS/c1-16-14(18)12-3-2-8-17(12)9-10-4-6-11(7-5-10)13(15)19/h4-7,12H,2-3,8-9H2,1H3,(H2,15,19)(H,16,18). The second-order valence-corrected chi connectivity index (χ2v) is 5.24. The van der Waals surface area contributed by atoms with Crippen molar-refractivity contribution in [3.63, 3.8) is 0 Å². The fraction of sp³-hybridized carbons (Fsp3) is 0.429. The van der Waals surface area contributed by atoms with E-state index >= 15 is 0 Å². The molecule has 1 unspecified atom stereocenters. The number of carbonyl (C=O) groups excluding carboxylic acids is 1. The Bertz CT molecular complexity index is 472. The molecule has 19 heavy (non-hydrogen) atoms. The summed E-state index contributed by atoms with van der Waals surface area (Å²) in [6.07, 6.45) is 2.01. The number of amides is 1. The van der Waals surface area contributed by atoms with E-state index in [9.17, 15) is 4.79 Å². The molecule has 5 heteroatoms. The van der Waals surface area contributed by atoms with Crippen LogP contribution in [0.5, 0.6) is 0 Å². The summed E-state index contributed by atoms with van der Waals surface area (Å²) in [5.41, 5.74) is 7.63. The van der Waals surface area contributed by atoms with Crippen LogP contribution in [0.4, 0.5) is 0 Å². The third-order valence-corrected chi connectivity index (χ3v) is 3.77. The van der Waals surface area contributed by atoms with Gasteiger partial charge in [0.25, 0.3) is 0 Å². The number of likely N-dealkylation sites (tertiary alicyclic amines) is 1. The summed E-state index contributed by atoms with van der Waals surface area (Å²) in [5.74, 6) is 0.109. The molecule has 1 aliphatic heterocycles. The van der Waals surface area contributed by atoms with Gasteiger partial charge in [0.15, 0.2) is 0 Å². The van der Waals surface area contributed by atoms with Crippen molar-refractivity contribution in [1.82, 2.24) is 10.2 Å². The molecule has 1 saturated heterocycles. The van der Waals surface area contributed by atoms with Crippen molar-refractivity contribution >= 4 is 23.1 Å². The number of hydrogen-bond acceptors (Lipinski definition) is 3. The lowest BCUT2D eigenvalue weighted by atomic mass is 10.1. The number of benzene rings is 1. The number of hydrogen-bond donors (Lipinski definition) is 2. The number of nitrogens with zero attached hydrogens (tertiary/aromatic N) is 1. The Morgan fingerprint density at radius 2 is 2.16 bits per heavy atom. The number of nitrogens with one attached hydrogen (secondary N) is 1. The highest BCUT2D eigenvalue weighted by atomic mass is 32.1. The molecule has 4 nitrogen and oxygen atoms in total. The van der Waals surface area contributed by atoms with Gasteiger partial charge in [-0.3, -0.25) is 9.69 Å². The molecule has 102 valence electrons. The number of thiocarbonyl (C=S) groups is 1. The first-order valence-electron chi connectivity index (χ1n) is 6.46. The second-order valence-electron chi connectivity index (χ2n) is 4.80. The monoisotopic (exact) mass is 277 g/mol. The van der Waals surface area contributed by atoms with Crippen molar-refractivity contribution in [2.24, 2.45) is 5.73 Å². The zero-order valence-corrected chi connectivity index (χ0v) is 11.9. The lowest BCUT2D eigenvalue weighted by Gasteiger charge is -2.23. The van der Waals surface area contributed by atoms with Gasteiger partial charge < -0.3 is 11.1 Å². The van der Waals surface area contributed by atoms with Gasteiger partial charge in [-0.1, -0.05) is 36.5 Å². The molecule has 0 radical (unpaired) electrons. The van der Waals surface area contributed by atoms with Gasteiger partial charge in [-0.2, -0.15) is 0 Å². The second kappa shape index (κ2) is 6.12. The minimum absolute atomic E-state index is 0.000242. The highest BCUT2D eigenvalue weighted by molar-refractivity contribution is 7.80. The van der Waals surface area contributed by atoms with E-state index in [-0.39, 0.29) is 11.9 Å². The Labute approximate surface area is 119 Å². The summed E-state index contributed by atoms with van der Waals surface area (Å²) in [5, 5.41) is 2.73. The van der Waals surface area contributed by atoms with Crippen LogP contribution in [0.15, 0.2) is 24.3 Å². The van der Waals surface area contributed by atoms with Gasteiger partial charge in [0.05, 0.1) is 6.04 Å². The van der Waals surface area contributed by atoms with Gasteiger partial charge in [0.2, 0.25) is 5.91 Å². The van der Waals surface area contributed by atoms with Crippen molar-refractivity contribution in [3.8, 4) is 0 Å². The summed E-state index contributed by atoms with van der Waals surface area (Å²) in [6.45, 7) is 1.75. The van der Waals surface area contributed by atoms with Crippen LogP contribution in [-0.2, 0) is 11.3 Å². The van der Waals surface area contributed by atoms with Crippen LogP contribution in [0.2, 0.25) is 0 Å². The first kappa shape index (κ1) is 14.0. The topological polar surface area (TPSA) is 58.4 Å². The maximum Gasteiger partial charge on any atom is 0.237 e. The molecule has 1 aromatic carbocycles. The van der Waals surface area contributed by atoms with Crippen molar-refractivity contribution < 1.29 is 4.79 Å². The number of carbonyl (C=O) groups is 1. The normalized spacial score (nSPS) is 19.3. The lowest BCUT2D eigenvalue weighted by Crippen LogP contribution is -2.41. The lowest BCUT2D eigenvalue weighted by molar-refractivity contribution is -0.125. The first-order valence-corrected chi connectivity index (χ1v) is 6.87. The molecule has 1 aromatic rings. The minimum atomic E-state index is 0.000242. The maximum absolute atomic E-state index is 11.8. The highest BCUT2D eigenvalue weighted by Gasteiger charge is 2.29. The fourth-order valence-electron chi connectivity index (χ4n) is 2.49. The molecule has 1 atom stereocenters. The van der Waals surface area contributed by atoms with Crippen molar-refractivity contribution in [2.75, 3.05) is 13.6 Å². The molecule has 1 fully saturated rings. The van der Waals surface area contributed by atoms with E-state index in [1.807, 2.05) is 24.3 Å². The van der Waals surface area contributed by atoms with Gasteiger partial charge in [0.1, 0.15) is 4.99 Å². The summed E-state index contributed by atoms with van der Waals surface area (Å²) in [4.78, 5) is 14.4. The molecular formula is C14H19N3OS. The average Bonchev–Trinajstić information content (AvgIpc) is 2.86. The zero-order valence-electron chi connectivity index (χ0n) is 11.1. The fourth-order valence-corrected chi connectivity index (χ4v) is 2.62.